The Morgan fingerprint density at radius 1 is 1.00 bits per heavy atom. The fourth-order valence-electron chi connectivity index (χ4n) is 3.65. The van der Waals surface area contributed by atoms with E-state index in [1.165, 1.54) is 0 Å². The van der Waals surface area contributed by atoms with Crippen molar-refractivity contribution in [1.82, 2.24) is 14.9 Å². The van der Waals surface area contributed by atoms with E-state index in [2.05, 4.69) is 9.97 Å². The summed E-state index contributed by atoms with van der Waals surface area (Å²) in [6.45, 7) is 0.276. The largest absolute Gasteiger partial charge is 0.481 e. The van der Waals surface area contributed by atoms with Crippen molar-refractivity contribution in [2.24, 2.45) is 0 Å². The van der Waals surface area contributed by atoms with Gasteiger partial charge in [-0.25, -0.2) is 0 Å². The van der Waals surface area contributed by atoms with Gasteiger partial charge in [-0.2, -0.15) is 0 Å². The third-order valence-corrected chi connectivity index (χ3v) is 4.83. The molecule has 1 aliphatic heterocycles. The number of benzene rings is 1. The molecule has 1 aliphatic rings. The van der Waals surface area contributed by atoms with E-state index in [4.69, 9.17) is 0 Å². The minimum Gasteiger partial charge on any atom is -0.481 e. The molecule has 0 radical (unpaired) electrons. The Morgan fingerprint density at radius 3 is 2.48 bits per heavy atom. The van der Waals surface area contributed by atoms with Crippen LogP contribution in [0, 0.1) is 0 Å². The molecule has 1 aromatic carbocycles. The van der Waals surface area contributed by atoms with Crippen molar-refractivity contribution < 1.29 is 14.7 Å². The average molecular weight is 359 g/mol. The summed E-state index contributed by atoms with van der Waals surface area (Å²) in [6, 6.07) is 13.5. The maximum Gasteiger partial charge on any atom is 0.313 e. The SMILES string of the molecule is O=C(O)C1c2ccccc2C(=O)N(Cc2cccnc2)C1c1ccncc1. The van der Waals surface area contributed by atoms with Gasteiger partial charge < -0.3 is 10.0 Å². The number of amides is 1. The molecule has 4 rings (SSSR count). The predicted octanol–water partition coefficient (Wildman–Crippen LogP) is 3.04. The van der Waals surface area contributed by atoms with Gasteiger partial charge in [0.1, 0.15) is 5.92 Å². The van der Waals surface area contributed by atoms with E-state index >= 15 is 0 Å². The van der Waals surface area contributed by atoms with Crippen LogP contribution in [0.4, 0.5) is 0 Å². The average Bonchev–Trinajstić information content (AvgIpc) is 2.71. The zero-order valence-electron chi connectivity index (χ0n) is 14.4. The molecule has 6 nitrogen and oxygen atoms in total. The second-order valence-electron chi connectivity index (χ2n) is 6.42. The minimum atomic E-state index is -0.965. The van der Waals surface area contributed by atoms with E-state index in [0.717, 1.165) is 11.1 Å². The molecule has 6 heteroatoms. The summed E-state index contributed by atoms with van der Waals surface area (Å²) in [5.41, 5.74) is 2.55. The number of fused-ring (bicyclic) bond motifs is 1. The van der Waals surface area contributed by atoms with Gasteiger partial charge in [0.25, 0.3) is 5.91 Å². The lowest BCUT2D eigenvalue weighted by Gasteiger charge is -2.40. The quantitative estimate of drug-likeness (QED) is 0.774. The van der Waals surface area contributed by atoms with Crippen molar-refractivity contribution in [3.05, 3.63) is 95.6 Å². The smallest absolute Gasteiger partial charge is 0.313 e. The van der Waals surface area contributed by atoms with Gasteiger partial charge >= 0.3 is 5.97 Å². The summed E-state index contributed by atoms with van der Waals surface area (Å²) < 4.78 is 0. The first-order chi connectivity index (χ1) is 13.2. The third kappa shape index (κ3) is 3.06. The van der Waals surface area contributed by atoms with Gasteiger partial charge in [-0.15, -0.1) is 0 Å². The molecule has 3 heterocycles. The monoisotopic (exact) mass is 359 g/mol. The Kier molecular flexibility index (Phi) is 4.38. The summed E-state index contributed by atoms with van der Waals surface area (Å²) in [5.74, 6) is -2.01. The first kappa shape index (κ1) is 16.9. The number of hydrogen-bond donors (Lipinski definition) is 1. The number of carbonyl (C=O) groups is 2. The fourth-order valence-corrected chi connectivity index (χ4v) is 3.65. The van der Waals surface area contributed by atoms with Gasteiger partial charge in [0.15, 0.2) is 0 Å². The van der Waals surface area contributed by atoms with Crippen LogP contribution >= 0.6 is 0 Å². The first-order valence-electron chi connectivity index (χ1n) is 8.58. The van der Waals surface area contributed by atoms with E-state index in [-0.39, 0.29) is 12.5 Å². The van der Waals surface area contributed by atoms with Gasteiger partial charge in [0.05, 0.1) is 6.04 Å². The minimum absolute atomic E-state index is 0.186. The number of carboxylic acid groups (broad SMARTS) is 1. The summed E-state index contributed by atoms with van der Waals surface area (Å²) in [4.78, 5) is 35.3. The number of aliphatic carboxylic acids is 1. The standard InChI is InChI=1S/C21H17N3O3/c25-20-17-6-2-1-5-16(17)18(21(26)27)19(15-7-10-22-11-8-15)24(20)13-14-4-3-9-23-12-14/h1-12,18-19H,13H2,(H,26,27). The fraction of sp³-hybridized carbons (Fsp3) is 0.143. The lowest BCUT2D eigenvalue weighted by molar-refractivity contribution is -0.140. The van der Waals surface area contributed by atoms with Gasteiger partial charge in [-0.1, -0.05) is 24.3 Å². The van der Waals surface area contributed by atoms with Crippen molar-refractivity contribution in [3.8, 4) is 0 Å². The highest BCUT2D eigenvalue weighted by Gasteiger charge is 2.44. The van der Waals surface area contributed by atoms with Gasteiger partial charge in [0, 0.05) is 36.9 Å². The zero-order chi connectivity index (χ0) is 18.8. The molecular formula is C21H17N3O3. The van der Waals surface area contributed by atoms with Crippen molar-refractivity contribution in [2.75, 3.05) is 0 Å². The molecule has 0 spiro atoms. The van der Waals surface area contributed by atoms with Crippen molar-refractivity contribution in [2.45, 2.75) is 18.5 Å². The highest BCUT2D eigenvalue weighted by atomic mass is 16.4. The number of carboxylic acids is 1. The predicted molar refractivity (Wildman–Crippen MR) is 97.9 cm³/mol. The Balaban J connectivity index is 1.88. The molecule has 27 heavy (non-hydrogen) atoms. The molecule has 0 saturated carbocycles. The van der Waals surface area contributed by atoms with Gasteiger partial charge in [-0.3, -0.25) is 19.6 Å². The molecule has 0 bridgehead atoms. The summed E-state index contributed by atoms with van der Waals surface area (Å²) >= 11 is 0. The molecule has 1 N–H and O–H groups in total. The van der Waals surface area contributed by atoms with E-state index in [1.54, 1.807) is 72.2 Å². The van der Waals surface area contributed by atoms with E-state index in [0.29, 0.717) is 11.1 Å². The Labute approximate surface area is 156 Å². The number of nitrogens with zero attached hydrogens (tertiary/aromatic N) is 3. The third-order valence-electron chi connectivity index (χ3n) is 4.83. The molecule has 2 aromatic heterocycles. The maximum absolute atomic E-state index is 13.3. The van der Waals surface area contributed by atoms with Crippen LogP contribution in [0.5, 0.6) is 0 Å². The Bertz CT molecular complexity index is 976. The molecule has 0 saturated heterocycles. The Hall–Kier alpha value is -3.54. The van der Waals surface area contributed by atoms with E-state index in [9.17, 15) is 14.7 Å². The van der Waals surface area contributed by atoms with Crippen LogP contribution in [-0.2, 0) is 11.3 Å². The van der Waals surface area contributed by atoms with Crippen LogP contribution in [0.2, 0.25) is 0 Å². The Morgan fingerprint density at radius 2 is 1.78 bits per heavy atom. The van der Waals surface area contributed by atoms with Crippen molar-refractivity contribution in [3.63, 3.8) is 0 Å². The van der Waals surface area contributed by atoms with Crippen LogP contribution in [0.25, 0.3) is 0 Å². The number of hydrogen-bond acceptors (Lipinski definition) is 4. The van der Waals surface area contributed by atoms with E-state index < -0.39 is 17.9 Å². The van der Waals surface area contributed by atoms with Crippen LogP contribution in [0.1, 0.15) is 39.0 Å². The molecule has 134 valence electrons. The molecule has 0 aliphatic carbocycles. The normalized spacial score (nSPS) is 18.8. The van der Waals surface area contributed by atoms with Crippen molar-refractivity contribution >= 4 is 11.9 Å². The van der Waals surface area contributed by atoms with Crippen LogP contribution in [0.15, 0.2) is 73.3 Å². The summed E-state index contributed by atoms with van der Waals surface area (Å²) in [5, 5.41) is 10.0. The maximum atomic E-state index is 13.3. The van der Waals surface area contributed by atoms with Gasteiger partial charge in [0.2, 0.25) is 0 Å². The molecule has 3 aromatic rings. The summed E-state index contributed by atoms with van der Waals surface area (Å²) in [6.07, 6.45) is 6.58. The lowest BCUT2D eigenvalue weighted by Crippen LogP contribution is -2.44. The summed E-state index contributed by atoms with van der Waals surface area (Å²) in [7, 11) is 0. The number of rotatable bonds is 4. The molecule has 0 fully saturated rings. The van der Waals surface area contributed by atoms with Gasteiger partial charge in [-0.05, 0) is 41.0 Å². The molecular weight excluding hydrogens is 342 g/mol. The highest BCUT2D eigenvalue weighted by molar-refractivity contribution is 6.00. The number of carbonyl (C=O) groups excluding carboxylic acids is 1. The van der Waals surface area contributed by atoms with Crippen LogP contribution < -0.4 is 0 Å². The lowest BCUT2D eigenvalue weighted by atomic mass is 9.80. The molecule has 2 atom stereocenters. The van der Waals surface area contributed by atoms with E-state index in [1.807, 2.05) is 6.07 Å². The van der Waals surface area contributed by atoms with Crippen LogP contribution in [0.3, 0.4) is 0 Å². The number of aromatic nitrogens is 2. The number of pyridine rings is 2. The highest BCUT2D eigenvalue weighted by Crippen LogP contribution is 2.43. The zero-order valence-corrected chi connectivity index (χ0v) is 14.4. The van der Waals surface area contributed by atoms with Crippen molar-refractivity contribution in [1.29, 1.82) is 0 Å². The second-order valence-corrected chi connectivity index (χ2v) is 6.42. The molecule has 1 amide bonds. The first-order valence-corrected chi connectivity index (χ1v) is 8.58. The molecule has 2 unspecified atom stereocenters. The second kappa shape index (κ2) is 6.99. The topological polar surface area (TPSA) is 83.4 Å². The van der Waals surface area contributed by atoms with Crippen LogP contribution in [-0.4, -0.2) is 31.9 Å².